The van der Waals surface area contributed by atoms with Gasteiger partial charge >= 0.3 is 0 Å². The summed E-state index contributed by atoms with van der Waals surface area (Å²) in [6, 6.07) is 4.42. The van der Waals surface area contributed by atoms with Crippen LogP contribution in [0.15, 0.2) is 24.5 Å². The highest BCUT2D eigenvalue weighted by atomic mass is 16.5. The van der Waals surface area contributed by atoms with E-state index in [-0.39, 0.29) is 11.8 Å². The van der Waals surface area contributed by atoms with Gasteiger partial charge in [-0.25, -0.2) is 0 Å². The van der Waals surface area contributed by atoms with E-state index in [2.05, 4.69) is 18.7 Å². The van der Waals surface area contributed by atoms with Crippen LogP contribution >= 0.6 is 0 Å². The van der Waals surface area contributed by atoms with Crippen LogP contribution in [-0.2, 0) is 19.3 Å². The van der Waals surface area contributed by atoms with E-state index in [9.17, 15) is 0 Å². The van der Waals surface area contributed by atoms with E-state index in [1.54, 1.807) is 7.11 Å². The lowest BCUT2D eigenvalue weighted by Gasteiger charge is -2.11. The molecule has 0 heterocycles. The molecular weight excluding hydrogens is 226 g/mol. The molecule has 0 aromatic heterocycles. The van der Waals surface area contributed by atoms with Gasteiger partial charge in [-0.05, 0) is 54.5 Å². The minimum atomic E-state index is 0.235. The molecule has 0 radical (unpaired) electrons. The van der Waals surface area contributed by atoms with Crippen LogP contribution in [0.25, 0.3) is 0 Å². The number of aryl methyl sites for hydroxylation is 1. The van der Waals surface area contributed by atoms with Gasteiger partial charge in [-0.3, -0.25) is 0 Å². The Morgan fingerprint density at radius 3 is 2.94 bits per heavy atom. The molecule has 0 saturated carbocycles. The molecule has 3 heteroatoms. The lowest BCUT2D eigenvalue weighted by molar-refractivity contribution is 0.386. The summed E-state index contributed by atoms with van der Waals surface area (Å²) < 4.78 is 5.34. The Morgan fingerprint density at radius 1 is 1.50 bits per heavy atom. The van der Waals surface area contributed by atoms with Crippen molar-refractivity contribution in [1.29, 1.82) is 0 Å². The van der Waals surface area contributed by atoms with Gasteiger partial charge in [0.1, 0.15) is 5.75 Å². The van der Waals surface area contributed by atoms with Gasteiger partial charge < -0.3 is 15.6 Å². The van der Waals surface area contributed by atoms with E-state index in [0.29, 0.717) is 6.42 Å². The number of benzene rings is 1. The van der Waals surface area contributed by atoms with Crippen molar-refractivity contribution in [3.8, 4) is 5.75 Å². The number of rotatable bonds is 5. The molecule has 1 atom stereocenters. The molecular formula is C15H21NO2. The largest absolute Gasteiger partial charge is 0.513 e. The summed E-state index contributed by atoms with van der Waals surface area (Å²) in [7, 11) is 1.69. The molecule has 18 heavy (non-hydrogen) atoms. The second-order valence-electron chi connectivity index (χ2n) is 5.01. The maximum Gasteiger partial charge on any atom is 0.119 e. The average Bonchev–Trinajstić information content (AvgIpc) is 2.68. The quantitative estimate of drug-likeness (QED) is 0.786. The Labute approximate surface area is 108 Å². The van der Waals surface area contributed by atoms with Crippen LogP contribution in [0.3, 0.4) is 0 Å². The first-order valence-electron chi connectivity index (χ1n) is 6.41. The van der Waals surface area contributed by atoms with Gasteiger partial charge in [0.15, 0.2) is 0 Å². The van der Waals surface area contributed by atoms with Gasteiger partial charge in [-0.15, -0.1) is 0 Å². The average molecular weight is 247 g/mol. The topological polar surface area (TPSA) is 55.5 Å². The molecule has 0 amide bonds. The number of fused-ring (bicyclic) bond motifs is 1. The van der Waals surface area contributed by atoms with Crippen LogP contribution < -0.4 is 10.5 Å². The Morgan fingerprint density at radius 2 is 2.28 bits per heavy atom. The predicted molar refractivity (Wildman–Crippen MR) is 73.1 cm³/mol. The van der Waals surface area contributed by atoms with E-state index in [1.165, 1.54) is 16.7 Å². The fourth-order valence-corrected chi connectivity index (χ4v) is 2.65. The maximum absolute atomic E-state index is 9.13. The molecule has 0 aliphatic heterocycles. The van der Waals surface area contributed by atoms with Gasteiger partial charge in [0, 0.05) is 12.5 Å². The Balaban J connectivity index is 2.18. The summed E-state index contributed by atoms with van der Waals surface area (Å²) >= 11 is 0. The van der Waals surface area contributed by atoms with Gasteiger partial charge in [0.05, 0.1) is 12.9 Å². The van der Waals surface area contributed by atoms with E-state index in [0.717, 1.165) is 31.4 Å². The SMILES string of the molecule is C=C(O)CCCc1cc(OC)cc2c1CC(N)C2. The van der Waals surface area contributed by atoms with E-state index in [1.807, 2.05) is 0 Å². The molecule has 0 bridgehead atoms. The van der Waals surface area contributed by atoms with E-state index >= 15 is 0 Å². The van der Waals surface area contributed by atoms with Crippen molar-refractivity contribution >= 4 is 0 Å². The number of hydrogen-bond donors (Lipinski definition) is 2. The number of ether oxygens (including phenoxy) is 1. The fourth-order valence-electron chi connectivity index (χ4n) is 2.65. The van der Waals surface area contributed by atoms with Gasteiger partial charge in [-0.2, -0.15) is 0 Å². The molecule has 0 spiro atoms. The highest BCUT2D eigenvalue weighted by Crippen LogP contribution is 2.30. The minimum Gasteiger partial charge on any atom is -0.513 e. The Hall–Kier alpha value is -1.48. The first kappa shape index (κ1) is 13.0. The third-order valence-corrected chi connectivity index (χ3v) is 3.50. The lowest BCUT2D eigenvalue weighted by atomic mass is 9.98. The fraction of sp³-hybridized carbons (Fsp3) is 0.467. The summed E-state index contributed by atoms with van der Waals surface area (Å²) in [6.07, 6.45) is 4.38. The van der Waals surface area contributed by atoms with E-state index < -0.39 is 0 Å². The normalized spacial score (nSPS) is 17.6. The van der Waals surface area contributed by atoms with Crippen LogP contribution in [0.5, 0.6) is 5.75 Å². The molecule has 2 rings (SSSR count). The predicted octanol–water partition coefficient (Wildman–Crippen LogP) is 2.52. The standard InChI is InChI=1S/C15H21NO2/c1-10(17)4-3-5-11-7-14(18-2)8-12-6-13(16)9-15(11)12/h7-8,13,17H,1,3-6,9,16H2,2H3. The van der Waals surface area contributed by atoms with Crippen molar-refractivity contribution in [2.24, 2.45) is 5.73 Å². The van der Waals surface area contributed by atoms with Crippen LogP contribution in [0.1, 0.15) is 29.5 Å². The number of allylic oxidation sites excluding steroid dienone is 1. The molecule has 1 aromatic carbocycles. The van der Waals surface area contributed by atoms with Crippen molar-refractivity contribution in [3.63, 3.8) is 0 Å². The second-order valence-corrected chi connectivity index (χ2v) is 5.01. The first-order chi connectivity index (χ1) is 8.60. The molecule has 1 aliphatic rings. The summed E-state index contributed by atoms with van der Waals surface area (Å²) in [5, 5.41) is 9.13. The monoisotopic (exact) mass is 247 g/mol. The molecule has 1 aliphatic carbocycles. The highest BCUT2D eigenvalue weighted by Gasteiger charge is 2.21. The van der Waals surface area contributed by atoms with Crippen LogP contribution in [0.2, 0.25) is 0 Å². The first-order valence-corrected chi connectivity index (χ1v) is 6.41. The summed E-state index contributed by atoms with van der Waals surface area (Å²) in [6.45, 7) is 3.52. The summed E-state index contributed by atoms with van der Waals surface area (Å²) in [4.78, 5) is 0. The molecule has 3 N–H and O–H groups in total. The van der Waals surface area contributed by atoms with Crippen molar-refractivity contribution < 1.29 is 9.84 Å². The Kier molecular flexibility index (Phi) is 3.92. The highest BCUT2D eigenvalue weighted by molar-refractivity contribution is 5.46. The van der Waals surface area contributed by atoms with Gasteiger partial charge in [-0.1, -0.05) is 6.58 Å². The second kappa shape index (κ2) is 5.44. The number of aliphatic hydroxyl groups excluding tert-OH is 1. The lowest BCUT2D eigenvalue weighted by Crippen LogP contribution is -2.19. The molecule has 1 unspecified atom stereocenters. The van der Waals surface area contributed by atoms with Gasteiger partial charge in [0.2, 0.25) is 0 Å². The molecule has 1 aromatic rings. The molecule has 0 fully saturated rings. The van der Waals surface area contributed by atoms with Crippen LogP contribution in [-0.4, -0.2) is 18.3 Å². The van der Waals surface area contributed by atoms with Crippen molar-refractivity contribution in [2.75, 3.05) is 7.11 Å². The number of nitrogens with two attached hydrogens (primary N) is 1. The zero-order valence-electron chi connectivity index (χ0n) is 10.9. The van der Waals surface area contributed by atoms with Crippen molar-refractivity contribution in [3.05, 3.63) is 41.2 Å². The maximum atomic E-state index is 9.13. The van der Waals surface area contributed by atoms with Crippen molar-refractivity contribution in [2.45, 2.75) is 38.1 Å². The van der Waals surface area contributed by atoms with Crippen LogP contribution in [0, 0.1) is 0 Å². The minimum absolute atomic E-state index is 0.235. The smallest absolute Gasteiger partial charge is 0.119 e. The third kappa shape index (κ3) is 2.85. The number of methoxy groups -OCH3 is 1. The van der Waals surface area contributed by atoms with Crippen molar-refractivity contribution in [1.82, 2.24) is 0 Å². The molecule has 0 saturated heterocycles. The summed E-state index contributed by atoms with van der Waals surface area (Å²) in [5.41, 5.74) is 10.0. The number of hydrogen-bond acceptors (Lipinski definition) is 3. The third-order valence-electron chi connectivity index (χ3n) is 3.50. The van der Waals surface area contributed by atoms with Gasteiger partial charge in [0.25, 0.3) is 0 Å². The van der Waals surface area contributed by atoms with Crippen LogP contribution in [0.4, 0.5) is 0 Å². The zero-order valence-corrected chi connectivity index (χ0v) is 10.9. The Bertz CT molecular complexity index is 454. The number of aliphatic hydroxyl groups is 1. The molecule has 98 valence electrons. The van der Waals surface area contributed by atoms with E-state index in [4.69, 9.17) is 15.6 Å². The zero-order chi connectivity index (χ0) is 13.1. The summed E-state index contributed by atoms with van der Waals surface area (Å²) in [5.74, 6) is 1.16. The molecule has 3 nitrogen and oxygen atoms in total.